The molecule has 9 heavy (non-hydrogen) atoms. The number of allylic oxidation sites excluding steroid dienone is 1. The number of methoxy groups -OCH3 is 1. The zero-order valence-electron chi connectivity index (χ0n) is 4.81. The summed E-state index contributed by atoms with van der Waals surface area (Å²) < 4.78 is 5.45. The Morgan fingerprint density at radius 3 is 2.67 bits per heavy atom. The van der Waals surface area contributed by atoms with E-state index in [4.69, 9.17) is 4.74 Å². The van der Waals surface area contributed by atoms with Crippen molar-refractivity contribution in [2.24, 2.45) is 0 Å². The molecule has 0 fully saturated rings. The van der Waals surface area contributed by atoms with Gasteiger partial charge in [-0.15, -0.1) is 0 Å². The molecule has 0 aromatic carbocycles. The highest BCUT2D eigenvalue weighted by molar-refractivity contribution is 9.12. The van der Waals surface area contributed by atoms with Crippen LogP contribution in [0.3, 0.4) is 0 Å². The number of carbonyl (C=O) groups is 1. The fourth-order valence-electron chi connectivity index (χ4n) is 0.520. The second-order valence-electron chi connectivity index (χ2n) is 1.52. The average Bonchev–Trinajstić information content (AvgIpc) is 2.15. The Balaban J connectivity index is 2.79. The van der Waals surface area contributed by atoms with Crippen LogP contribution >= 0.6 is 27.7 Å². The molecule has 0 aromatic rings. The van der Waals surface area contributed by atoms with Gasteiger partial charge in [-0.25, -0.2) is 0 Å². The van der Waals surface area contributed by atoms with Gasteiger partial charge < -0.3 is 4.74 Å². The number of carbonyl (C=O) groups excluding carboxylic acids is 1. The Morgan fingerprint density at radius 1 is 1.78 bits per heavy atom. The highest BCUT2D eigenvalue weighted by Gasteiger charge is 2.21. The monoisotopic (exact) mass is 208 g/mol. The maximum Gasteiger partial charge on any atom is 0.184 e. The number of rotatable bonds is 1. The van der Waals surface area contributed by atoms with Gasteiger partial charge in [0.25, 0.3) is 0 Å². The van der Waals surface area contributed by atoms with Gasteiger partial charge in [0.2, 0.25) is 0 Å². The van der Waals surface area contributed by atoms with Crippen LogP contribution in [0.15, 0.2) is 9.57 Å². The maximum absolute atomic E-state index is 10.7. The fourth-order valence-corrected chi connectivity index (χ4v) is 2.12. The smallest absolute Gasteiger partial charge is 0.184 e. The first-order valence-electron chi connectivity index (χ1n) is 2.35. The predicted molar refractivity (Wildman–Crippen MR) is 40.4 cm³/mol. The molecule has 0 aliphatic carbocycles. The molecule has 1 aliphatic heterocycles. The van der Waals surface area contributed by atoms with Crippen molar-refractivity contribution in [1.82, 2.24) is 0 Å². The normalized spacial score (nSPS) is 19.1. The SMILES string of the molecule is COC1=C(Br)C(=O)CS1. The quantitative estimate of drug-likeness (QED) is 0.654. The first-order chi connectivity index (χ1) is 4.25. The molecule has 0 bridgehead atoms. The van der Waals surface area contributed by atoms with Crippen LogP contribution in [0.2, 0.25) is 0 Å². The third-order valence-corrected chi connectivity index (χ3v) is 3.05. The molecule has 0 aromatic heterocycles. The Hall–Kier alpha value is 0.0400. The van der Waals surface area contributed by atoms with E-state index in [1.807, 2.05) is 0 Å². The second-order valence-corrected chi connectivity index (χ2v) is 3.26. The lowest BCUT2D eigenvalue weighted by molar-refractivity contribution is -0.112. The molecular formula is C5H5BrO2S. The van der Waals surface area contributed by atoms with E-state index in [2.05, 4.69) is 15.9 Å². The van der Waals surface area contributed by atoms with Gasteiger partial charge in [-0.05, 0) is 15.9 Å². The molecule has 2 nitrogen and oxygen atoms in total. The van der Waals surface area contributed by atoms with Crippen LogP contribution in [-0.2, 0) is 9.53 Å². The van der Waals surface area contributed by atoms with E-state index in [0.29, 0.717) is 15.3 Å². The Morgan fingerprint density at radius 2 is 2.44 bits per heavy atom. The summed E-state index contributed by atoms with van der Waals surface area (Å²) in [6, 6.07) is 0. The minimum Gasteiger partial charge on any atom is -0.489 e. The molecule has 0 saturated carbocycles. The lowest BCUT2D eigenvalue weighted by atomic mass is 10.4. The van der Waals surface area contributed by atoms with Crippen molar-refractivity contribution >= 4 is 33.5 Å². The lowest BCUT2D eigenvalue weighted by Gasteiger charge is -1.94. The van der Waals surface area contributed by atoms with Gasteiger partial charge in [-0.3, -0.25) is 4.79 Å². The standard InChI is InChI=1S/C5H5BrO2S/c1-8-5-4(6)3(7)2-9-5/h2H2,1H3. The Bertz CT molecular complexity index is 176. The summed E-state index contributed by atoms with van der Waals surface area (Å²) in [5, 5.41) is 0.694. The molecule has 0 unspecified atom stereocenters. The predicted octanol–water partition coefficient (Wildman–Crippen LogP) is 1.51. The van der Waals surface area contributed by atoms with Crippen molar-refractivity contribution in [3.63, 3.8) is 0 Å². The number of halogens is 1. The van der Waals surface area contributed by atoms with Crippen LogP contribution in [0.1, 0.15) is 0 Å². The molecule has 0 radical (unpaired) electrons. The third kappa shape index (κ3) is 1.30. The van der Waals surface area contributed by atoms with Gasteiger partial charge in [-0.2, -0.15) is 0 Å². The lowest BCUT2D eigenvalue weighted by Crippen LogP contribution is -1.92. The van der Waals surface area contributed by atoms with Crippen LogP contribution in [0.5, 0.6) is 0 Å². The van der Waals surface area contributed by atoms with E-state index in [1.54, 1.807) is 7.11 Å². The molecule has 1 rings (SSSR count). The minimum absolute atomic E-state index is 0.108. The van der Waals surface area contributed by atoms with Crippen LogP contribution in [0.4, 0.5) is 0 Å². The summed E-state index contributed by atoms with van der Waals surface area (Å²) in [5.74, 6) is 0.612. The zero-order valence-corrected chi connectivity index (χ0v) is 7.21. The molecule has 4 heteroatoms. The number of Topliss-reactive ketones (excluding diaryl/α,β-unsaturated/α-hetero) is 1. The zero-order chi connectivity index (χ0) is 6.85. The van der Waals surface area contributed by atoms with Crippen molar-refractivity contribution in [3.8, 4) is 0 Å². The number of ether oxygens (including phenoxy) is 1. The Kier molecular flexibility index (Phi) is 2.18. The highest BCUT2D eigenvalue weighted by Crippen LogP contribution is 2.32. The van der Waals surface area contributed by atoms with E-state index < -0.39 is 0 Å². The van der Waals surface area contributed by atoms with Crippen molar-refractivity contribution in [3.05, 3.63) is 9.57 Å². The van der Waals surface area contributed by atoms with Crippen LogP contribution in [0, 0.1) is 0 Å². The van der Waals surface area contributed by atoms with Gasteiger partial charge >= 0.3 is 0 Å². The molecule has 1 heterocycles. The van der Waals surface area contributed by atoms with Crippen LogP contribution in [0.25, 0.3) is 0 Å². The summed E-state index contributed by atoms with van der Waals surface area (Å²) in [7, 11) is 1.56. The number of thioether (sulfide) groups is 1. The summed E-state index contributed by atoms with van der Waals surface area (Å²) in [4.78, 5) is 10.7. The van der Waals surface area contributed by atoms with Gasteiger partial charge in [0.05, 0.1) is 12.9 Å². The van der Waals surface area contributed by atoms with Gasteiger partial charge in [0.15, 0.2) is 10.9 Å². The molecule has 50 valence electrons. The van der Waals surface area contributed by atoms with Crippen molar-refractivity contribution in [2.45, 2.75) is 0 Å². The molecule has 0 amide bonds. The maximum atomic E-state index is 10.7. The summed E-state index contributed by atoms with van der Waals surface area (Å²) in [6.07, 6.45) is 0. The molecule has 0 saturated heterocycles. The van der Waals surface area contributed by atoms with Crippen LogP contribution < -0.4 is 0 Å². The molecular weight excluding hydrogens is 204 g/mol. The van der Waals surface area contributed by atoms with Gasteiger partial charge in [0, 0.05) is 0 Å². The summed E-state index contributed by atoms with van der Waals surface area (Å²) >= 11 is 4.53. The first kappa shape index (κ1) is 7.15. The van der Waals surface area contributed by atoms with Crippen molar-refractivity contribution < 1.29 is 9.53 Å². The van der Waals surface area contributed by atoms with E-state index in [-0.39, 0.29) is 5.78 Å². The first-order valence-corrected chi connectivity index (χ1v) is 4.13. The van der Waals surface area contributed by atoms with Gasteiger partial charge in [0.1, 0.15) is 4.48 Å². The fraction of sp³-hybridized carbons (Fsp3) is 0.400. The summed E-state index contributed by atoms with van der Waals surface area (Å²) in [6.45, 7) is 0. The highest BCUT2D eigenvalue weighted by atomic mass is 79.9. The molecule has 0 N–H and O–H groups in total. The number of hydrogen-bond donors (Lipinski definition) is 0. The molecule has 0 atom stereocenters. The Labute approximate surface area is 65.8 Å². The van der Waals surface area contributed by atoms with Crippen LogP contribution in [-0.4, -0.2) is 18.6 Å². The molecule has 0 spiro atoms. The second kappa shape index (κ2) is 2.75. The van der Waals surface area contributed by atoms with Crippen molar-refractivity contribution in [1.29, 1.82) is 0 Å². The number of hydrogen-bond acceptors (Lipinski definition) is 3. The minimum atomic E-state index is 0.108. The topological polar surface area (TPSA) is 26.3 Å². The van der Waals surface area contributed by atoms with E-state index in [0.717, 1.165) is 0 Å². The largest absolute Gasteiger partial charge is 0.489 e. The average molecular weight is 209 g/mol. The number of ketones is 1. The van der Waals surface area contributed by atoms with Crippen molar-refractivity contribution in [2.75, 3.05) is 12.9 Å². The van der Waals surface area contributed by atoms with Gasteiger partial charge in [-0.1, -0.05) is 11.8 Å². The third-order valence-electron chi connectivity index (χ3n) is 0.944. The summed E-state index contributed by atoms with van der Waals surface area (Å²) in [5.41, 5.74) is 0. The van der Waals surface area contributed by atoms with E-state index in [9.17, 15) is 4.79 Å². The molecule has 1 aliphatic rings. The van der Waals surface area contributed by atoms with E-state index >= 15 is 0 Å². The van der Waals surface area contributed by atoms with E-state index in [1.165, 1.54) is 11.8 Å².